The van der Waals surface area contributed by atoms with E-state index in [1.807, 2.05) is 11.8 Å². The summed E-state index contributed by atoms with van der Waals surface area (Å²) in [6, 6.07) is 6.79. The molecule has 1 aromatic rings. The minimum absolute atomic E-state index is 1.28. The Balaban J connectivity index is 2.43. The van der Waals surface area contributed by atoms with Crippen LogP contribution in [0.3, 0.4) is 0 Å². The van der Waals surface area contributed by atoms with Crippen LogP contribution in [0.25, 0.3) is 0 Å². The van der Waals surface area contributed by atoms with Crippen LogP contribution in [-0.4, -0.2) is 5.75 Å². The van der Waals surface area contributed by atoms with Crippen molar-refractivity contribution < 1.29 is 0 Å². The molecule has 11 heavy (non-hydrogen) atoms. The van der Waals surface area contributed by atoms with Gasteiger partial charge in [-0.05, 0) is 37.1 Å². The van der Waals surface area contributed by atoms with E-state index in [9.17, 15) is 0 Å². The first-order valence-corrected chi connectivity index (χ1v) is 5.07. The number of thioether (sulfide) groups is 1. The molecule has 1 heterocycles. The Morgan fingerprint density at radius 2 is 2.27 bits per heavy atom. The standard InChI is InChI=1S/C10H12S/c1-8-4-5-9-3-2-6-11-10(9)7-8/h4-5,7H,2-3,6H2,1H3. The van der Waals surface area contributed by atoms with Crippen LogP contribution < -0.4 is 0 Å². The van der Waals surface area contributed by atoms with Gasteiger partial charge in [0.2, 0.25) is 0 Å². The van der Waals surface area contributed by atoms with Crippen molar-refractivity contribution in [2.24, 2.45) is 0 Å². The summed E-state index contributed by atoms with van der Waals surface area (Å²) in [7, 11) is 0. The summed E-state index contributed by atoms with van der Waals surface area (Å²) < 4.78 is 0. The second kappa shape index (κ2) is 2.90. The topological polar surface area (TPSA) is 0 Å². The predicted molar refractivity (Wildman–Crippen MR) is 50.2 cm³/mol. The Kier molecular flexibility index (Phi) is 1.91. The van der Waals surface area contributed by atoms with E-state index in [-0.39, 0.29) is 0 Å². The summed E-state index contributed by atoms with van der Waals surface area (Å²) >= 11 is 2.00. The summed E-state index contributed by atoms with van der Waals surface area (Å²) in [6.45, 7) is 2.16. The zero-order valence-corrected chi connectivity index (χ0v) is 7.58. The minimum Gasteiger partial charge on any atom is -0.126 e. The number of benzene rings is 1. The lowest BCUT2D eigenvalue weighted by Crippen LogP contribution is -1.97. The van der Waals surface area contributed by atoms with Crippen LogP contribution in [0.5, 0.6) is 0 Å². The van der Waals surface area contributed by atoms with E-state index < -0.39 is 0 Å². The highest BCUT2D eigenvalue weighted by Gasteiger charge is 2.08. The maximum Gasteiger partial charge on any atom is 0.0107 e. The first-order valence-electron chi connectivity index (χ1n) is 4.08. The number of rotatable bonds is 0. The van der Waals surface area contributed by atoms with Crippen LogP contribution >= 0.6 is 11.8 Å². The zero-order valence-electron chi connectivity index (χ0n) is 6.76. The smallest absolute Gasteiger partial charge is 0.0107 e. The van der Waals surface area contributed by atoms with Crippen LogP contribution in [-0.2, 0) is 6.42 Å². The van der Waals surface area contributed by atoms with Crippen LogP contribution in [0.15, 0.2) is 23.1 Å². The second-order valence-corrected chi connectivity index (χ2v) is 4.20. The lowest BCUT2D eigenvalue weighted by Gasteiger charge is -2.14. The summed E-state index contributed by atoms with van der Waals surface area (Å²) in [5.41, 5.74) is 2.94. The Morgan fingerprint density at radius 3 is 3.18 bits per heavy atom. The van der Waals surface area contributed by atoms with E-state index in [0.717, 1.165) is 0 Å². The van der Waals surface area contributed by atoms with Crippen LogP contribution in [0.1, 0.15) is 17.5 Å². The van der Waals surface area contributed by atoms with Crippen molar-refractivity contribution in [1.29, 1.82) is 0 Å². The lowest BCUT2D eigenvalue weighted by molar-refractivity contribution is 0.888. The number of hydrogen-bond acceptors (Lipinski definition) is 1. The van der Waals surface area contributed by atoms with E-state index in [2.05, 4.69) is 25.1 Å². The molecule has 58 valence electrons. The van der Waals surface area contributed by atoms with Crippen molar-refractivity contribution in [3.05, 3.63) is 29.3 Å². The molecule has 0 fully saturated rings. The highest BCUT2D eigenvalue weighted by Crippen LogP contribution is 2.30. The molecular formula is C10H12S. The van der Waals surface area contributed by atoms with Crippen LogP contribution in [0.2, 0.25) is 0 Å². The molecule has 0 saturated heterocycles. The van der Waals surface area contributed by atoms with Crippen molar-refractivity contribution in [1.82, 2.24) is 0 Å². The number of fused-ring (bicyclic) bond motifs is 1. The van der Waals surface area contributed by atoms with Gasteiger partial charge in [-0.1, -0.05) is 17.7 Å². The molecule has 1 heteroatoms. The Bertz CT molecular complexity index is 266. The third-order valence-electron chi connectivity index (χ3n) is 2.07. The van der Waals surface area contributed by atoms with E-state index in [1.54, 1.807) is 5.56 Å². The van der Waals surface area contributed by atoms with E-state index in [1.165, 1.54) is 29.1 Å². The van der Waals surface area contributed by atoms with Crippen molar-refractivity contribution in [3.8, 4) is 0 Å². The maximum absolute atomic E-state index is 2.30. The predicted octanol–water partition coefficient (Wildman–Crippen LogP) is 3.03. The van der Waals surface area contributed by atoms with Gasteiger partial charge >= 0.3 is 0 Å². The Labute approximate surface area is 72.0 Å². The molecule has 0 aromatic heterocycles. The van der Waals surface area contributed by atoms with Gasteiger partial charge < -0.3 is 0 Å². The third kappa shape index (κ3) is 1.43. The fraction of sp³-hybridized carbons (Fsp3) is 0.400. The number of aryl methyl sites for hydroxylation is 2. The normalized spacial score (nSPS) is 16.1. The largest absolute Gasteiger partial charge is 0.126 e. The molecule has 2 rings (SSSR count). The van der Waals surface area contributed by atoms with Gasteiger partial charge in [0.25, 0.3) is 0 Å². The SMILES string of the molecule is Cc1ccc2c(c1)SCCC2. The van der Waals surface area contributed by atoms with Crippen LogP contribution in [0.4, 0.5) is 0 Å². The summed E-state index contributed by atoms with van der Waals surface area (Å²) in [4.78, 5) is 1.51. The molecule has 0 N–H and O–H groups in total. The first kappa shape index (κ1) is 7.23. The van der Waals surface area contributed by atoms with E-state index in [0.29, 0.717) is 0 Å². The van der Waals surface area contributed by atoms with Crippen molar-refractivity contribution in [2.45, 2.75) is 24.7 Å². The van der Waals surface area contributed by atoms with Crippen molar-refractivity contribution in [3.63, 3.8) is 0 Å². The van der Waals surface area contributed by atoms with Crippen LogP contribution in [0, 0.1) is 6.92 Å². The van der Waals surface area contributed by atoms with E-state index in [4.69, 9.17) is 0 Å². The molecule has 1 aliphatic heterocycles. The quantitative estimate of drug-likeness (QED) is 0.568. The summed E-state index contributed by atoms with van der Waals surface area (Å²) in [6.07, 6.45) is 2.63. The fourth-order valence-corrected chi connectivity index (χ4v) is 2.58. The first-order chi connectivity index (χ1) is 5.36. The Hall–Kier alpha value is -0.430. The van der Waals surface area contributed by atoms with Gasteiger partial charge in [0.15, 0.2) is 0 Å². The summed E-state index contributed by atoms with van der Waals surface area (Å²) in [5.74, 6) is 1.30. The van der Waals surface area contributed by atoms with Gasteiger partial charge in [0, 0.05) is 4.90 Å². The molecule has 0 unspecified atom stereocenters. The molecule has 1 aromatic carbocycles. The second-order valence-electron chi connectivity index (χ2n) is 3.06. The molecule has 0 nitrogen and oxygen atoms in total. The molecule has 0 amide bonds. The highest BCUT2D eigenvalue weighted by molar-refractivity contribution is 7.99. The van der Waals surface area contributed by atoms with Gasteiger partial charge in [-0.3, -0.25) is 0 Å². The third-order valence-corrected chi connectivity index (χ3v) is 3.25. The van der Waals surface area contributed by atoms with E-state index >= 15 is 0 Å². The molecule has 0 radical (unpaired) electrons. The highest BCUT2D eigenvalue weighted by atomic mass is 32.2. The lowest BCUT2D eigenvalue weighted by atomic mass is 10.1. The molecule has 0 atom stereocenters. The average molecular weight is 164 g/mol. The van der Waals surface area contributed by atoms with Gasteiger partial charge in [0.05, 0.1) is 0 Å². The monoisotopic (exact) mass is 164 g/mol. The zero-order chi connectivity index (χ0) is 7.68. The molecular weight excluding hydrogens is 152 g/mol. The minimum atomic E-state index is 1.28. The molecule has 0 saturated carbocycles. The maximum atomic E-state index is 2.30. The van der Waals surface area contributed by atoms with Gasteiger partial charge in [0.1, 0.15) is 0 Å². The number of hydrogen-bond donors (Lipinski definition) is 0. The molecule has 0 bridgehead atoms. The van der Waals surface area contributed by atoms with Gasteiger partial charge in [-0.2, -0.15) is 0 Å². The average Bonchev–Trinajstić information content (AvgIpc) is 2.04. The molecule has 1 aliphatic rings. The Morgan fingerprint density at radius 1 is 1.36 bits per heavy atom. The van der Waals surface area contributed by atoms with Gasteiger partial charge in [-0.25, -0.2) is 0 Å². The summed E-state index contributed by atoms with van der Waals surface area (Å²) in [5, 5.41) is 0. The van der Waals surface area contributed by atoms with Crippen molar-refractivity contribution >= 4 is 11.8 Å². The molecule has 0 aliphatic carbocycles. The molecule has 0 spiro atoms. The van der Waals surface area contributed by atoms with Crippen molar-refractivity contribution in [2.75, 3.05) is 5.75 Å². The fourth-order valence-electron chi connectivity index (χ4n) is 1.45. The van der Waals surface area contributed by atoms with Gasteiger partial charge in [-0.15, -0.1) is 11.8 Å².